The van der Waals surface area contributed by atoms with Gasteiger partial charge in [0.25, 0.3) is 0 Å². The average Bonchev–Trinajstić information content (AvgIpc) is 2.90. The summed E-state index contributed by atoms with van der Waals surface area (Å²) in [5, 5.41) is 3.44. The molecule has 0 bridgehead atoms. The van der Waals surface area contributed by atoms with Gasteiger partial charge in [-0.1, -0.05) is 25.0 Å². The third kappa shape index (κ3) is 2.93. The van der Waals surface area contributed by atoms with Gasteiger partial charge in [-0.2, -0.15) is 0 Å². The molecule has 1 fully saturated rings. The Kier molecular flexibility index (Phi) is 4.83. The topological polar surface area (TPSA) is 30.5 Å². The van der Waals surface area contributed by atoms with E-state index < -0.39 is 0 Å². The van der Waals surface area contributed by atoms with Crippen molar-refractivity contribution in [3.8, 4) is 5.75 Å². The lowest BCUT2D eigenvalue weighted by atomic mass is 9.86. The van der Waals surface area contributed by atoms with E-state index >= 15 is 0 Å². The minimum Gasteiger partial charge on any atom is -0.494 e. The minimum absolute atomic E-state index is 0.0699. The lowest BCUT2D eigenvalue weighted by molar-refractivity contribution is -0.0349. The van der Waals surface area contributed by atoms with Crippen LogP contribution in [0.5, 0.6) is 5.75 Å². The highest BCUT2D eigenvalue weighted by atomic mass is 16.5. The van der Waals surface area contributed by atoms with Gasteiger partial charge < -0.3 is 14.8 Å². The fourth-order valence-electron chi connectivity index (χ4n) is 3.27. The second-order valence-electron chi connectivity index (χ2n) is 5.20. The molecular weight excluding hydrogens is 238 g/mol. The summed E-state index contributed by atoms with van der Waals surface area (Å²) in [6, 6.07) is 8.57. The second-order valence-corrected chi connectivity index (χ2v) is 5.20. The van der Waals surface area contributed by atoms with Gasteiger partial charge in [-0.25, -0.2) is 0 Å². The zero-order chi connectivity index (χ0) is 13.7. The summed E-state index contributed by atoms with van der Waals surface area (Å²) >= 11 is 0. The van der Waals surface area contributed by atoms with E-state index in [9.17, 15) is 0 Å². The van der Waals surface area contributed by atoms with Crippen LogP contribution in [-0.2, 0) is 4.74 Å². The predicted molar refractivity (Wildman–Crippen MR) is 77.6 cm³/mol. The molecule has 2 rings (SSSR count). The van der Waals surface area contributed by atoms with E-state index in [0.717, 1.165) is 18.6 Å². The van der Waals surface area contributed by atoms with Gasteiger partial charge in [-0.15, -0.1) is 0 Å². The molecule has 0 radical (unpaired) electrons. The van der Waals surface area contributed by atoms with E-state index in [4.69, 9.17) is 9.47 Å². The molecule has 1 unspecified atom stereocenters. The maximum Gasteiger partial charge on any atom is 0.119 e. The number of rotatable bonds is 6. The Bertz CT molecular complexity index is 399. The highest BCUT2D eigenvalue weighted by Gasteiger charge is 2.41. The summed E-state index contributed by atoms with van der Waals surface area (Å²) in [5.74, 6) is 0.935. The summed E-state index contributed by atoms with van der Waals surface area (Å²) in [7, 11) is 3.85. The third-order valence-corrected chi connectivity index (χ3v) is 4.17. The molecule has 3 heteroatoms. The SMILES string of the molecule is CCOc1cccc(C(NC)C2(OC)CCCC2)c1. The van der Waals surface area contributed by atoms with Gasteiger partial charge in [-0.3, -0.25) is 0 Å². The molecule has 1 aliphatic carbocycles. The Hall–Kier alpha value is -1.06. The third-order valence-electron chi connectivity index (χ3n) is 4.17. The first-order chi connectivity index (χ1) is 9.25. The van der Waals surface area contributed by atoms with Crippen molar-refractivity contribution >= 4 is 0 Å². The van der Waals surface area contributed by atoms with Gasteiger partial charge in [0.2, 0.25) is 0 Å². The van der Waals surface area contributed by atoms with Crippen LogP contribution in [0, 0.1) is 0 Å². The number of nitrogens with one attached hydrogen (secondary N) is 1. The molecule has 0 aliphatic heterocycles. The molecule has 19 heavy (non-hydrogen) atoms. The predicted octanol–water partition coefficient (Wildman–Crippen LogP) is 3.31. The van der Waals surface area contributed by atoms with Crippen LogP contribution < -0.4 is 10.1 Å². The van der Waals surface area contributed by atoms with E-state index in [0.29, 0.717) is 6.61 Å². The fraction of sp³-hybridized carbons (Fsp3) is 0.625. The molecule has 106 valence electrons. The van der Waals surface area contributed by atoms with E-state index in [1.807, 2.05) is 27.1 Å². The number of benzene rings is 1. The Morgan fingerprint density at radius 1 is 1.32 bits per heavy atom. The highest BCUT2D eigenvalue weighted by molar-refractivity contribution is 5.32. The van der Waals surface area contributed by atoms with Crippen molar-refractivity contribution in [3.63, 3.8) is 0 Å². The zero-order valence-electron chi connectivity index (χ0n) is 12.2. The van der Waals surface area contributed by atoms with E-state index in [1.54, 1.807) is 0 Å². The Balaban J connectivity index is 2.27. The van der Waals surface area contributed by atoms with Gasteiger partial charge in [0.1, 0.15) is 5.75 Å². The number of methoxy groups -OCH3 is 1. The van der Waals surface area contributed by atoms with Crippen molar-refractivity contribution in [1.29, 1.82) is 0 Å². The molecular formula is C16H25NO2. The van der Waals surface area contributed by atoms with Crippen molar-refractivity contribution < 1.29 is 9.47 Å². The molecule has 0 aromatic heterocycles. The molecule has 0 spiro atoms. The molecule has 1 aromatic carbocycles. The number of likely N-dealkylation sites (N-methyl/N-ethyl adjacent to an activating group) is 1. The lowest BCUT2D eigenvalue weighted by Crippen LogP contribution is -2.42. The van der Waals surface area contributed by atoms with Gasteiger partial charge in [0, 0.05) is 7.11 Å². The van der Waals surface area contributed by atoms with Crippen LogP contribution in [0.2, 0.25) is 0 Å². The van der Waals surface area contributed by atoms with Gasteiger partial charge in [0.15, 0.2) is 0 Å². The monoisotopic (exact) mass is 263 g/mol. The minimum atomic E-state index is -0.0699. The molecule has 3 nitrogen and oxygen atoms in total. The van der Waals surface area contributed by atoms with Crippen molar-refractivity contribution in [2.45, 2.75) is 44.2 Å². The molecule has 0 amide bonds. The summed E-state index contributed by atoms with van der Waals surface area (Å²) < 4.78 is 11.5. The van der Waals surface area contributed by atoms with Crippen LogP contribution in [0.25, 0.3) is 0 Å². The first-order valence-electron chi connectivity index (χ1n) is 7.21. The lowest BCUT2D eigenvalue weighted by Gasteiger charge is -2.36. The molecule has 1 aromatic rings. The highest BCUT2D eigenvalue weighted by Crippen LogP contribution is 2.42. The quantitative estimate of drug-likeness (QED) is 0.854. The normalized spacial score (nSPS) is 19.3. The van der Waals surface area contributed by atoms with Crippen molar-refractivity contribution in [1.82, 2.24) is 5.32 Å². The average molecular weight is 263 g/mol. The first kappa shape index (κ1) is 14.4. The van der Waals surface area contributed by atoms with Crippen LogP contribution >= 0.6 is 0 Å². The second kappa shape index (κ2) is 6.40. The van der Waals surface area contributed by atoms with E-state index in [-0.39, 0.29) is 11.6 Å². The standard InChI is InChI=1S/C16H25NO2/c1-4-19-14-9-7-8-13(12-14)15(17-2)16(18-3)10-5-6-11-16/h7-9,12,15,17H,4-6,10-11H2,1-3H3. The van der Waals surface area contributed by atoms with E-state index in [2.05, 4.69) is 23.5 Å². The first-order valence-corrected chi connectivity index (χ1v) is 7.21. The number of ether oxygens (including phenoxy) is 2. The van der Waals surface area contributed by atoms with Crippen LogP contribution in [0.15, 0.2) is 24.3 Å². The summed E-state index contributed by atoms with van der Waals surface area (Å²) in [5.41, 5.74) is 1.18. The van der Waals surface area contributed by atoms with Crippen LogP contribution in [-0.4, -0.2) is 26.4 Å². The maximum absolute atomic E-state index is 5.90. The van der Waals surface area contributed by atoms with Gasteiger partial charge in [-0.05, 0) is 44.5 Å². The smallest absolute Gasteiger partial charge is 0.119 e. The fourth-order valence-corrected chi connectivity index (χ4v) is 3.27. The molecule has 0 heterocycles. The summed E-state index contributed by atoms with van der Waals surface area (Å²) in [6.07, 6.45) is 4.73. The number of hydrogen-bond donors (Lipinski definition) is 1. The molecule has 1 saturated carbocycles. The molecule has 1 aliphatic rings. The molecule has 0 saturated heterocycles. The Labute approximate surface area is 116 Å². The Morgan fingerprint density at radius 3 is 2.63 bits per heavy atom. The van der Waals surface area contributed by atoms with Gasteiger partial charge >= 0.3 is 0 Å². The summed E-state index contributed by atoms with van der Waals surface area (Å²) in [6.45, 7) is 2.71. The summed E-state index contributed by atoms with van der Waals surface area (Å²) in [4.78, 5) is 0. The largest absolute Gasteiger partial charge is 0.494 e. The molecule has 1 N–H and O–H groups in total. The van der Waals surface area contributed by atoms with Crippen molar-refractivity contribution in [2.24, 2.45) is 0 Å². The van der Waals surface area contributed by atoms with E-state index in [1.165, 1.54) is 18.4 Å². The van der Waals surface area contributed by atoms with Crippen LogP contribution in [0.4, 0.5) is 0 Å². The number of hydrogen-bond acceptors (Lipinski definition) is 3. The van der Waals surface area contributed by atoms with Crippen LogP contribution in [0.3, 0.4) is 0 Å². The molecule has 1 atom stereocenters. The van der Waals surface area contributed by atoms with Crippen molar-refractivity contribution in [2.75, 3.05) is 20.8 Å². The maximum atomic E-state index is 5.90. The van der Waals surface area contributed by atoms with Gasteiger partial charge in [0.05, 0.1) is 18.2 Å². The van der Waals surface area contributed by atoms with Crippen LogP contribution in [0.1, 0.15) is 44.2 Å². The van der Waals surface area contributed by atoms with Crippen molar-refractivity contribution in [3.05, 3.63) is 29.8 Å². The Morgan fingerprint density at radius 2 is 2.05 bits per heavy atom. The zero-order valence-corrected chi connectivity index (χ0v) is 12.2.